The Hall–Kier alpha value is -2.01. The first-order valence-electron chi connectivity index (χ1n) is 7.33. The van der Waals surface area contributed by atoms with E-state index in [0.717, 1.165) is 17.0 Å². The maximum atomic E-state index is 13.7. The van der Waals surface area contributed by atoms with Crippen LogP contribution in [0.25, 0.3) is 0 Å². The fourth-order valence-corrected chi connectivity index (χ4v) is 3.74. The lowest BCUT2D eigenvalue weighted by molar-refractivity contribution is -0.130. The Bertz CT molecular complexity index is 736. The van der Waals surface area contributed by atoms with E-state index in [4.69, 9.17) is 0 Å². The van der Waals surface area contributed by atoms with Gasteiger partial charge in [-0.3, -0.25) is 9.89 Å². The smallest absolute Gasteiger partial charge is 0.136 e. The summed E-state index contributed by atoms with van der Waals surface area (Å²) >= 11 is 0. The van der Waals surface area contributed by atoms with Gasteiger partial charge >= 0.3 is 0 Å². The Morgan fingerprint density at radius 1 is 1.50 bits per heavy atom. The number of fused-ring (bicyclic) bond motifs is 1. The normalized spacial score (nSPS) is 27.5. The van der Waals surface area contributed by atoms with E-state index in [2.05, 4.69) is 10.2 Å². The predicted molar refractivity (Wildman–Crippen MR) is 80.1 cm³/mol. The van der Waals surface area contributed by atoms with E-state index < -0.39 is 17.4 Å². The number of halogens is 1. The first-order chi connectivity index (χ1) is 10.3. The van der Waals surface area contributed by atoms with Gasteiger partial charge in [0.15, 0.2) is 0 Å². The topological polar surface area (TPSA) is 66.0 Å². The Kier molecular flexibility index (Phi) is 3.40. The molecule has 116 valence electrons. The molecule has 0 spiro atoms. The molecule has 3 rings (SSSR count). The number of aromatic amines is 1. The zero-order valence-electron chi connectivity index (χ0n) is 12.9. The minimum absolute atomic E-state index is 0.106. The lowest BCUT2D eigenvalue weighted by atomic mass is 9.64. The van der Waals surface area contributed by atoms with E-state index in [9.17, 15) is 14.3 Å². The van der Waals surface area contributed by atoms with Gasteiger partial charge in [0.25, 0.3) is 0 Å². The summed E-state index contributed by atoms with van der Waals surface area (Å²) < 4.78 is 13.7. The molecule has 2 aromatic rings. The molecule has 0 aliphatic heterocycles. The molecular formula is C17H19FN2O2. The van der Waals surface area contributed by atoms with Crippen molar-refractivity contribution in [1.29, 1.82) is 0 Å². The van der Waals surface area contributed by atoms with Gasteiger partial charge in [-0.05, 0) is 38.5 Å². The molecule has 5 heteroatoms. The van der Waals surface area contributed by atoms with Gasteiger partial charge < -0.3 is 5.11 Å². The summed E-state index contributed by atoms with van der Waals surface area (Å²) in [5, 5.41) is 18.0. The van der Waals surface area contributed by atoms with Gasteiger partial charge in [-0.15, -0.1) is 0 Å². The monoisotopic (exact) mass is 302 g/mol. The molecule has 2 N–H and O–H groups in total. The number of Topliss-reactive ketones (excluding diaryl/α,β-unsaturated/α-hetero) is 1. The van der Waals surface area contributed by atoms with Crippen LogP contribution in [0.2, 0.25) is 0 Å². The van der Waals surface area contributed by atoms with Crippen LogP contribution < -0.4 is 0 Å². The van der Waals surface area contributed by atoms with Crippen LogP contribution >= 0.6 is 0 Å². The number of aryl methyl sites for hydroxylation is 1. The van der Waals surface area contributed by atoms with E-state index in [0.29, 0.717) is 12.0 Å². The highest BCUT2D eigenvalue weighted by molar-refractivity contribution is 5.82. The summed E-state index contributed by atoms with van der Waals surface area (Å²) in [4.78, 5) is 12.2. The summed E-state index contributed by atoms with van der Waals surface area (Å²) in [6, 6.07) is 6.22. The Morgan fingerprint density at radius 2 is 2.23 bits per heavy atom. The van der Waals surface area contributed by atoms with Gasteiger partial charge in [0.05, 0.1) is 17.2 Å². The Labute approximate surface area is 128 Å². The maximum absolute atomic E-state index is 13.7. The van der Waals surface area contributed by atoms with Crippen molar-refractivity contribution in [3.8, 4) is 0 Å². The molecule has 4 nitrogen and oxygen atoms in total. The van der Waals surface area contributed by atoms with Crippen molar-refractivity contribution >= 4 is 5.78 Å². The van der Waals surface area contributed by atoms with Crippen LogP contribution in [0.3, 0.4) is 0 Å². The molecule has 3 atom stereocenters. The number of aliphatic hydroxyl groups is 1. The third-order valence-corrected chi connectivity index (χ3v) is 4.56. The maximum Gasteiger partial charge on any atom is 0.136 e. The SMILES string of the molecule is CC(=O)[C@@H]1[C@@H](c2cccc(F)c2)c2c(n[nH]c2C)C[C@]1(C)O. The average molecular weight is 302 g/mol. The molecule has 1 heterocycles. The molecule has 0 radical (unpaired) electrons. The van der Waals surface area contributed by atoms with E-state index in [-0.39, 0.29) is 11.6 Å². The molecule has 0 unspecified atom stereocenters. The van der Waals surface area contributed by atoms with Crippen molar-refractivity contribution < 1.29 is 14.3 Å². The largest absolute Gasteiger partial charge is 0.389 e. The summed E-state index contributed by atoms with van der Waals surface area (Å²) in [5.74, 6) is -1.48. The van der Waals surface area contributed by atoms with Crippen molar-refractivity contribution in [1.82, 2.24) is 10.2 Å². The second kappa shape index (κ2) is 5.02. The van der Waals surface area contributed by atoms with E-state index >= 15 is 0 Å². The summed E-state index contributed by atoms with van der Waals surface area (Å²) in [5.41, 5.74) is 1.97. The summed E-state index contributed by atoms with van der Waals surface area (Å²) in [6.45, 7) is 5.01. The molecule has 1 aromatic heterocycles. The molecule has 0 bridgehead atoms. The zero-order chi connectivity index (χ0) is 16.1. The van der Waals surface area contributed by atoms with Crippen LogP contribution in [0, 0.1) is 18.7 Å². The number of nitrogens with zero attached hydrogens (tertiary/aromatic N) is 1. The molecule has 1 aliphatic carbocycles. The van der Waals surface area contributed by atoms with Crippen LogP contribution in [-0.4, -0.2) is 26.7 Å². The third kappa shape index (κ3) is 2.25. The van der Waals surface area contributed by atoms with Crippen LogP contribution in [0.15, 0.2) is 24.3 Å². The second-order valence-electron chi connectivity index (χ2n) is 6.36. The highest BCUT2D eigenvalue weighted by Gasteiger charge is 2.48. The van der Waals surface area contributed by atoms with Gasteiger partial charge in [0.1, 0.15) is 11.6 Å². The van der Waals surface area contributed by atoms with Gasteiger partial charge in [0, 0.05) is 23.6 Å². The number of benzene rings is 1. The number of carbonyl (C=O) groups excluding carboxylic acids is 1. The van der Waals surface area contributed by atoms with Gasteiger partial charge in [-0.2, -0.15) is 5.10 Å². The van der Waals surface area contributed by atoms with Gasteiger partial charge in [-0.25, -0.2) is 4.39 Å². The quantitative estimate of drug-likeness (QED) is 0.896. The van der Waals surface area contributed by atoms with Crippen molar-refractivity contribution in [2.75, 3.05) is 0 Å². The molecule has 0 fully saturated rings. The number of ketones is 1. The standard InChI is InChI=1S/C17H19FN2O2/c1-9-14-13(20-19-9)8-17(3,22)16(10(2)21)15(14)11-5-4-6-12(18)7-11/h4-7,15-16,22H,8H2,1-3H3,(H,19,20)/t15-,16+,17-/m0/s1. The van der Waals surface area contributed by atoms with Crippen LogP contribution in [0.4, 0.5) is 4.39 Å². The predicted octanol–water partition coefficient (Wildman–Crippen LogP) is 2.50. The number of carbonyl (C=O) groups is 1. The molecular weight excluding hydrogens is 283 g/mol. The number of hydrogen-bond acceptors (Lipinski definition) is 3. The van der Waals surface area contributed by atoms with E-state index in [1.54, 1.807) is 19.1 Å². The molecule has 0 amide bonds. The zero-order valence-corrected chi connectivity index (χ0v) is 12.9. The number of rotatable bonds is 2. The lowest BCUT2D eigenvalue weighted by Gasteiger charge is -2.41. The highest BCUT2D eigenvalue weighted by atomic mass is 19.1. The number of aromatic nitrogens is 2. The molecule has 0 saturated carbocycles. The van der Waals surface area contributed by atoms with E-state index in [1.807, 2.05) is 6.92 Å². The molecule has 0 saturated heterocycles. The van der Waals surface area contributed by atoms with Crippen molar-refractivity contribution in [3.63, 3.8) is 0 Å². The minimum atomic E-state index is -1.21. The summed E-state index contributed by atoms with van der Waals surface area (Å²) in [7, 11) is 0. The van der Waals surface area contributed by atoms with Crippen LogP contribution in [-0.2, 0) is 11.2 Å². The van der Waals surface area contributed by atoms with E-state index in [1.165, 1.54) is 19.1 Å². The molecule has 1 aliphatic rings. The fourth-order valence-electron chi connectivity index (χ4n) is 3.74. The minimum Gasteiger partial charge on any atom is -0.389 e. The van der Waals surface area contributed by atoms with Crippen molar-refractivity contribution in [2.45, 2.75) is 38.7 Å². The molecule has 22 heavy (non-hydrogen) atoms. The first-order valence-corrected chi connectivity index (χ1v) is 7.33. The number of H-pyrrole nitrogens is 1. The van der Waals surface area contributed by atoms with Crippen molar-refractivity contribution in [2.24, 2.45) is 5.92 Å². The number of nitrogens with one attached hydrogen (secondary N) is 1. The van der Waals surface area contributed by atoms with Gasteiger partial charge in [0.2, 0.25) is 0 Å². The number of hydrogen-bond donors (Lipinski definition) is 2. The highest BCUT2D eigenvalue weighted by Crippen LogP contribution is 2.46. The third-order valence-electron chi connectivity index (χ3n) is 4.56. The van der Waals surface area contributed by atoms with Gasteiger partial charge in [-0.1, -0.05) is 12.1 Å². The average Bonchev–Trinajstić information content (AvgIpc) is 2.76. The Balaban J connectivity index is 2.25. The first kappa shape index (κ1) is 14.9. The Morgan fingerprint density at radius 3 is 2.86 bits per heavy atom. The second-order valence-corrected chi connectivity index (χ2v) is 6.36. The lowest BCUT2D eigenvalue weighted by Crippen LogP contribution is -2.48. The van der Waals surface area contributed by atoms with Crippen LogP contribution in [0.5, 0.6) is 0 Å². The molecule has 1 aromatic carbocycles. The fraction of sp³-hybridized carbons (Fsp3) is 0.412. The van der Waals surface area contributed by atoms with Crippen molar-refractivity contribution in [3.05, 3.63) is 52.6 Å². The van der Waals surface area contributed by atoms with Crippen LogP contribution in [0.1, 0.15) is 42.3 Å². The summed E-state index contributed by atoms with van der Waals surface area (Å²) in [6.07, 6.45) is 0.308.